The molecule has 0 fully saturated rings. The van der Waals surface area contributed by atoms with Crippen molar-refractivity contribution in [1.29, 1.82) is 5.26 Å². The maximum absolute atomic E-state index is 13.2. The van der Waals surface area contributed by atoms with Crippen molar-refractivity contribution in [3.05, 3.63) is 93.4 Å². The molecule has 2 aromatic carbocycles. The quantitative estimate of drug-likeness (QED) is 0.574. The lowest BCUT2D eigenvalue weighted by Gasteiger charge is -2.16. The summed E-state index contributed by atoms with van der Waals surface area (Å²) in [7, 11) is 3.30. The Balaban J connectivity index is 1.97. The molecular weight excluding hydrogens is 386 g/mol. The van der Waals surface area contributed by atoms with Gasteiger partial charge in [-0.1, -0.05) is 55.8 Å². The number of nitriles is 1. The molecule has 0 spiro atoms. The highest BCUT2D eigenvalue weighted by Gasteiger charge is 2.17. The van der Waals surface area contributed by atoms with Crippen molar-refractivity contribution >= 4 is 5.91 Å². The Bertz CT molecular complexity index is 1170. The van der Waals surface area contributed by atoms with E-state index in [1.54, 1.807) is 30.8 Å². The molecule has 1 heterocycles. The third-order valence-electron chi connectivity index (χ3n) is 5.34. The largest absolute Gasteiger partial charge is 0.345 e. The number of unbranched alkanes of at least 4 members (excludes halogenated alkanes) is 1. The topological polar surface area (TPSA) is 66.1 Å². The summed E-state index contributed by atoms with van der Waals surface area (Å²) in [5.41, 5.74) is 4.29. The number of nitrogens with zero attached hydrogens (tertiary/aromatic N) is 3. The fourth-order valence-corrected chi connectivity index (χ4v) is 3.57. The lowest BCUT2D eigenvalue weighted by molar-refractivity contribution is 0.0825. The van der Waals surface area contributed by atoms with Crippen molar-refractivity contribution in [1.82, 2.24) is 9.47 Å². The summed E-state index contributed by atoms with van der Waals surface area (Å²) in [5.74, 6) is -0.288. The first-order valence-corrected chi connectivity index (χ1v) is 10.5. The van der Waals surface area contributed by atoms with Crippen LogP contribution in [0.25, 0.3) is 11.1 Å². The van der Waals surface area contributed by atoms with Gasteiger partial charge < -0.3 is 9.47 Å². The number of carbonyl (C=O) groups is 1. The van der Waals surface area contributed by atoms with Gasteiger partial charge in [0.05, 0.1) is 18.2 Å². The summed E-state index contributed by atoms with van der Waals surface area (Å²) in [6.07, 6.45) is 2.79. The van der Waals surface area contributed by atoms with Crippen molar-refractivity contribution in [2.75, 3.05) is 14.1 Å². The van der Waals surface area contributed by atoms with E-state index in [4.69, 9.17) is 0 Å². The van der Waals surface area contributed by atoms with E-state index in [2.05, 4.69) is 13.0 Å². The van der Waals surface area contributed by atoms with Gasteiger partial charge in [-0.15, -0.1) is 0 Å². The minimum atomic E-state index is -0.288. The number of hydrogen-bond acceptors (Lipinski definition) is 3. The highest BCUT2D eigenvalue weighted by molar-refractivity contribution is 5.93. The number of amides is 1. The Hall–Kier alpha value is -3.65. The molecule has 31 heavy (non-hydrogen) atoms. The Morgan fingerprint density at radius 3 is 2.39 bits per heavy atom. The molecule has 158 valence electrons. The number of aromatic nitrogens is 1. The van der Waals surface area contributed by atoms with Crippen LogP contribution in [0, 0.1) is 11.3 Å². The summed E-state index contributed by atoms with van der Waals surface area (Å²) in [6.45, 7) is 2.51. The number of aryl methyl sites for hydroxylation is 1. The van der Waals surface area contributed by atoms with Crippen LogP contribution in [0.5, 0.6) is 0 Å². The van der Waals surface area contributed by atoms with Crippen molar-refractivity contribution in [2.45, 2.75) is 32.7 Å². The average Bonchev–Trinajstić information content (AvgIpc) is 2.79. The van der Waals surface area contributed by atoms with Crippen LogP contribution in [0.4, 0.5) is 0 Å². The first-order chi connectivity index (χ1) is 15.0. The molecule has 0 N–H and O–H groups in total. The second-order valence-corrected chi connectivity index (χ2v) is 7.79. The Labute approximate surface area is 183 Å². The van der Waals surface area contributed by atoms with Crippen LogP contribution in [0.1, 0.15) is 46.9 Å². The van der Waals surface area contributed by atoms with E-state index in [-0.39, 0.29) is 17.0 Å². The number of benzene rings is 2. The van der Waals surface area contributed by atoms with Crippen LogP contribution in [-0.4, -0.2) is 29.5 Å². The van der Waals surface area contributed by atoms with Crippen LogP contribution in [-0.2, 0) is 13.0 Å². The molecule has 3 aromatic rings. The van der Waals surface area contributed by atoms with Gasteiger partial charge in [0, 0.05) is 19.8 Å². The first kappa shape index (κ1) is 22.0. The summed E-state index contributed by atoms with van der Waals surface area (Å²) in [6, 6.07) is 21.1. The van der Waals surface area contributed by atoms with Gasteiger partial charge in [0.15, 0.2) is 0 Å². The number of hydrogen-bond donors (Lipinski definition) is 0. The van der Waals surface area contributed by atoms with Gasteiger partial charge in [0.25, 0.3) is 11.5 Å². The lowest BCUT2D eigenvalue weighted by atomic mass is 9.99. The fourth-order valence-electron chi connectivity index (χ4n) is 3.57. The van der Waals surface area contributed by atoms with E-state index in [0.717, 1.165) is 41.6 Å². The Morgan fingerprint density at radius 2 is 1.74 bits per heavy atom. The summed E-state index contributed by atoms with van der Waals surface area (Å²) in [5, 5.41) is 9.35. The average molecular weight is 414 g/mol. The smallest absolute Gasteiger partial charge is 0.263 e. The first-order valence-electron chi connectivity index (χ1n) is 10.5. The predicted molar refractivity (Wildman–Crippen MR) is 123 cm³/mol. The van der Waals surface area contributed by atoms with E-state index < -0.39 is 0 Å². The third-order valence-corrected chi connectivity index (χ3v) is 5.34. The van der Waals surface area contributed by atoms with E-state index in [0.29, 0.717) is 12.1 Å². The molecule has 0 aliphatic rings. The van der Waals surface area contributed by atoms with Crippen LogP contribution >= 0.6 is 0 Å². The fraction of sp³-hybridized carbons (Fsp3) is 0.269. The Kier molecular flexibility index (Phi) is 7.04. The van der Waals surface area contributed by atoms with E-state index in [9.17, 15) is 14.9 Å². The van der Waals surface area contributed by atoms with Crippen LogP contribution in [0.3, 0.4) is 0 Å². The van der Waals surface area contributed by atoms with Crippen LogP contribution in [0.15, 0.2) is 65.5 Å². The van der Waals surface area contributed by atoms with Crippen molar-refractivity contribution in [3.63, 3.8) is 0 Å². The summed E-state index contributed by atoms with van der Waals surface area (Å²) >= 11 is 0. The van der Waals surface area contributed by atoms with Gasteiger partial charge in [-0.2, -0.15) is 5.26 Å². The zero-order valence-corrected chi connectivity index (χ0v) is 18.3. The molecule has 3 rings (SSSR count). The van der Waals surface area contributed by atoms with Gasteiger partial charge in [0.2, 0.25) is 0 Å². The second-order valence-electron chi connectivity index (χ2n) is 7.79. The van der Waals surface area contributed by atoms with Crippen molar-refractivity contribution < 1.29 is 4.79 Å². The molecule has 1 aromatic heterocycles. The zero-order valence-electron chi connectivity index (χ0n) is 18.3. The van der Waals surface area contributed by atoms with Gasteiger partial charge >= 0.3 is 0 Å². The van der Waals surface area contributed by atoms with Crippen LogP contribution in [0.2, 0.25) is 0 Å². The SMILES string of the molecule is CCCCc1ccc(C(=O)N(C)C)c(=O)n1Cc1ccc(-c2ccccc2C#N)cc1. The molecular formula is C26H27N3O2. The predicted octanol–water partition coefficient (Wildman–Crippen LogP) is 4.48. The van der Waals surface area contributed by atoms with E-state index in [1.807, 2.05) is 48.5 Å². The number of pyridine rings is 1. The number of carbonyl (C=O) groups excluding carboxylic acids is 1. The number of rotatable bonds is 7. The molecule has 1 amide bonds. The summed E-state index contributed by atoms with van der Waals surface area (Å²) in [4.78, 5) is 27.0. The molecule has 0 saturated carbocycles. The molecule has 0 aliphatic carbocycles. The normalized spacial score (nSPS) is 10.5. The lowest BCUT2D eigenvalue weighted by Crippen LogP contribution is -2.34. The highest BCUT2D eigenvalue weighted by atomic mass is 16.2. The van der Waals surface area contributed by atoms with Gasteiger partial charge in [-0.25, -0.2) is 0 Å². The molecule has 0 saturated heterocycles. The standard InChI is InChI=1S/C26H27N3O2/c1-4-5-9-22-15-16-24(25(30)28(2)3)26(31)29(22)18-19-11-13-20(14-12-19)23-10-7-6-8-21(23)17-27/h6-8,10-16H,4-5,9,18H2,1-3H3. The maximum Gasteiger partial charge on any atom is 0.263 e. The molecule has 0 atom stereocenters. The monoisotopic (exact) mass is 413 g/mol. The van der Waals surface area contributed by atoms with Gasteiger partial charge in [-0.05, 0) is 47.7 Å². The molecule has 0 aliphatic heterocycles. The van der Waals surface area contributed by atoms with E-state index in [1.165, 1.54) is 4.90 Å². The van der Waals surface area contributed by atoms with Gasteiger partial charge in [-0.3, -0.25) is 9.59 Å². The third kappa shape index (κ3) is 4.92. The summed E-state index contributed by atoms with van der Waals surface area (Å²) < 4.78 is 1.71. The minimum Gasteiger partial charge on any atom is -0.345 e. The zero-order chi connectivity index (χ0) is 22.4. The van der Waals surface area contributed by atoms with Crippen LogP contribution < -0.4 is 5.56 Å². The second kappa shape index (κ2) is 9.90. The Morgan fingerprint density at radius 1 is 1.03 bits per heavy atom. The molecule has 0 unspecified atom stereocenters. The maximum atomic E-state index is 13.2. The van der Waals surface area contributed by atoms with Crippen molar-refractivity contribution in [2.24, 2.45) is 0 Å². The molecule has 5 heteroatoms. The van der Waals surface area contributed by atoms with Crippen molar-refractivity contribution in [3.8, 4) is 17.2 Å². The van der Waals surface area contributed by atoms with E-state index >= 15 is 0 Å². The molecule has 5 nitrogen and oxygen atoms in total. The highest BCUT2D eigenvalue weighted by Crippen LogP contribution is 2.23. The molecule has 0 bridgehead atoms. The van der Waals surface area contributed by atoms with Gasteiger partial charge in [0.1, 0.15) is 5.56 Å². The minimum absolute atomic E-state index is 0.185. The molecule has 0 radical (unpaired) electrons.